The molecule has 0 saturated carbocycles. The number of nitrogens with two attached hydrogens (primary N) is 1. The molecule has 22 heavy (non-hydrogen) atoms. The number of nitrogens with one attached hydrogen (secondary N) is 1. The lowest BCUT2D eigenvalue weighted by Gasteiger charge is -2.06. The van der Waals surface area contributed by atoms with E-state index < -0.39 is 0 Å². The van der Waals surface area contributed by atoms with Crippen molar-refractivity contribution < 1.29 is 0 Å². The molecule has 0 saturated heterocycles. The monoisotopic (exact) mass is 334 g/mol. The first-order valence-electron chi connectivity index (χ1n) is 7.85. The first-order chi connectivity index (χ1) is 10.8. The maximum absolute atomic E-state index is 5.90. The summed E-state index contributed by atoms with van der Waals surface area (Å²) in [6.07, 6.45) is 6.85. The second kappa shape index (κ2) is 7.74. The van der Waals surface area contributed by atoms with Crippen LogP contribution in [0.2, 0.25) is 0 Å². The van der Waals surface area contributed by atoms with E-state index in [1.54, 1.807) is 11.3 Å². The van der Waals surface area contributed by atoms with Crippen LogP contribution in [0.15, 0.2) is 22.5 Å². The maximum atomic E-state index is 5.90. The summed E-state index contributed by atoms with van der Waals surface area (Å²) in [5.41, 5.74) is 7.23. The van der Waals surface area contributed by atoms with Gasteiger partial charge in [0.05, 0.1) is 10.7 Å². The number of thiazole rings is 1. The van der Waals surface area contributed by atoms with Gasteiger partial charge in [-0.25, -0.2) is 4.98 Å². The molecule has 118 valence electrons. The summed E-state index contributed by atoms with van der Waals surface area (Å²) in [7, 11) is 0. The summed E-state index contributed by atoms with van der Waals surface area (Å²) >= 11 is 3.64. The predicted octanol–water partition coefficient (Wildman–Crippen LogP) is 2.77. The molecule has 0 spiro atoms. The minimum atomic E-state index is 0.540. The van der Waals surface area contributed by atoms with Gasteiger partial charge in [-0.2, -0.15) is 0 Å². The van der Waals surface area contributed by atoms with Crippen molar-refractivity contribution in [2.75, 3.05) is 13.1 Å². The van der Waals surface area contributed by atoms with Crippen LogP contribution in [-0.2, 0) is 25.7 Å². The number of nitrogens with zero attached hydrogens (tertiary/aromatic N) is 2. The predicted molar refractivity (Wildman–Crippen MR) is 95.0 cm³/mol. The van der Waals surface area contributed by atoms with Crippen molar-refractivity contribution in [1.82, 2.24) is 10.3 Å². The van der Waals surface area contributed by atoms with Crippen LogP contribution in [0.25, 0.3) is 0 Å². The molecule has 0 bridgehead atoms. The molecule has 2 aromatic heterocycles. The van der Waals surface area contributed by atoms with Gasteiger partial charge in [0, 0.05) is 29.3 Å². The average molecular weight is 335 g/mol. The Bertz CT molecular complexity index is 593. The van der Waals surface area contributed by atoms with Gasteiger partial charge in [0.15, 0.2) is 5.96 Å². The molecule has 1 aliphatic carbocycles. The average Bonchev–Trinajstić information content (AvgIpc) is 3.15. The van der Waals surface area contributed by atoms with Gasteiger partial charge < -0.3 is 11.1 Å². The van der Waals surface area contributed by atoms with E-state index in [-0.39, 0.29) is 0 Å². The van der Waals surface area contributed by atoms with Gasteiger partial charge in [-0.1, -0.05) is 6.07 Å². The van der Waals surface area contributed by atoms with Crippen molar-refractivity contribution in [3.8, 4) is 0 Å². The van der Waals surface area contributed by atoms with E-state index in [9.17, 15) is 0 Å². The largest absolute Gasteiger partial charge is 0.370 e. The number of thiophene rings is 1. The van der Waals surface area contributed by atoms with E-state index in [4.69, 9.17) is 10.7 Å². The van der Waals surface area contributed by atoms with Gasteiger partial charge in [-0.3, -0.25) is 4.99 Å². The Morgan fingerprint density at radius 1 is 1.32 bits per heavy atom. The number of aryl methyl sites for hydroxylation is 2. The molecule has 0 radical (unpaired) electrons. The Balaban J connectivity index is 1.40. The van der Waals surface area contributed by atoms with Crippen LogP contribution in [0.4, 0.5) is 0 Å². The number of hydrogen-bond donors (Lipinski definition) is 2. The highest BCUT2D eigenvalue weighted by Crippen LogP contribution is 2.26. The Morgan fingerprint density at radius 3 is 3.05 bits per heavy atom. The fourth-order valence-electron chi connectivity index (χ4n) is 2.61. The number of hydrogen-bond acceptors (Lipinski definition) is 4. The highest BCUT2D eigenvalue weighted by atomic mass is 32.1. The molecule has 0 aliphatic heterocycles. The van der Waals surface area contributed by atoms with E-state index in [1.165, 1.54) is 39.7 Å². The maximum Gasteiger partial charge on any atom is 0.188 e. The molecular weight excluding hydrogens is 312 g/mol. The van der Waals surface area contributed by atoms with Gasteiger partial charge in [-0.15, -0.1) is 22.7 Å². The number of aliphatic imine (C=N–C) groups is 1. The van der Waals surface area contributed by atoms with Crippen LogP contribution < -0.4 is 11.1 Å². The zero-order valence-corrected chi connectivity index (χ0v) is 14.3. The molecule has 0 atom stereocenters. The molecule has 2 aromatic rings. The molecule has 2 heterocycles. The van der Waals surface area contributed by atoms with Crippen molar-refractivity contribution in [3.05, 3.63) is 38.0 Å². The smallest absolute Gasteiger partial charge is 0.188 e. The molecule has 1 aliphatic rings. The lowest BCUT2D eigenvalue weighted by molar-refractivity contribution is 0.680. The Morgan fingerprint density at radius 2 is 2.23 bits per heavy atom. The van der Waals surface area contributed by atoms with Crippen molar-refractivity contribution in [1.29, 1.82) is 0 Å². The molecule has 0 unspecified atom stereocenters. The Labute approximate surface area is 139 Å². The van der Waals surface area contributed by atoms with Crippen LogP contribution in [0.5, 0.6) is 0 Å². The normalized spacial score (nSPS) is 14.8. The summed E-state index contributed by atoms with van der Waals surface area (Å²) in [6, 6.07) is 4.22. The van der Waals surface area contributed by atoms with Crippen molar-refractivity contribution in [3.63, 3.8) is 0 Å². The molecule has 6 heteroatoms. The van der Waals surface area contributed by atoms with E-state index in [2.05, 4.69) is 27.8 Å². The van der Waals surface area contributed by atoms with E-state index in [0.29, 0.717) is 12.5 Å². The third-order valence-corrected chi connectivity index (χ3v) is 5.91. The van der Waals surface area contributed by atoms with Gasteiger partial charge in [-0.05, 0) is 43.6 Å². The standard InChI is InChI=1S/C16H22N4S2/c17-16(18-9-7-12-4-3-11-21-12)19-10-8-15-20-13-5-1-2-6-14(13)22-15/h3-4,11H,1-2,5-10H2,(H3,17,18,19). The van der Waals surface area contributed by atoms with Crippen LogP contribution in [0.1, 0.15) is 33.3 Å². The van der Waals surface area contributed by atoms with Crippen LogP contribution in [-0.4, -0.2) is 24.0 Å². The van der Waals surface area contributed by atoms with E-state index in [1.807, 2.05) is 11.3 Å². The third kappa shape index (κ3) is 4.30. The van der Waals surface area contributed by atoms with E-state index >= 15 is 0 Å². The lowest BCUT2D eigenvalue weighted by Crippen LogP contribution is -2.33. The molecule has 3 N–H and O–H groups in total. The number of guanidine groups is 1. The van der Waals surface area contributed by atoms with Gasteiger partial charge in [0.1, 0.15) is 0 Å². The zero-order valence-electron chi connectivity index (χ0n) is 12.7. The van der Waals surface area contributed by atoms with E-state index in [0.717, 1.165) is 25.8 Å². The molecule has 0 fully saturated rings. The summed E-state index contributed by atoms with van der Waals surface area (Å²) in [5, 5.41) is 6.48. The molecule has 0 amide bonds. The molecular formula is C16H22N4S2. The number of rotatable bonds is 6. The molecule has 3 rings (SSSR count). The van der Waals surface area contributed by atoms with Crippen LogP contribution >= 0.6 is 22.7 Å². The lowest BCUT2D eigenvalue weighted by atomic mass is 10.0. The van der Waals surface area contributed by atoms with Gasteiger partial charge >= 0.3 is 0 Å². The summed E-state index contributed by atoms with van der Waals surface area (Å²) in [6.45, 7) is 1.55. The molecule has 4 nitrogen and oxygen atoms in total. The summed E-state index contributed by atoms with van der Waals surface area (Å²) in [5.74, 6) is 0.540. The topological polar surface area (TPSA) is 63.3 Å². The van der Waals surface area contributed by atoms with Crippen LogP contribution in [0.3, 0.4) is 0 Å². The fraction of sp³-hybridized carbons (Fsp3) is 0.500. The summed E-state index contributed by atoms with van der Waals surface area (Å²) in [4.78, 5) is 12.0. The fourth-order valence-corrected chi connectivity index (χ4v) is 4.46. The summed E-state index contributed by atoms with van der Waals surface area (Å²) < 4.78 is 0. The second-order valence-corrected chi connectivity index (χ2v) is 7.66. The molecule has 0 aromatic carbocycles. The highest BCUT2D eigenvalue weighted by Gasteiger charge is 2.14. The van der Waals surface area contributed by atoms with Gasteiger partial charge in [0.2, 0.25) is 0 Å². The quantitative estimate of drug-likeness (QED) is 0.631. The number of fused-ring (bicyclic) bond motifs is 1. The first-order valence-corrected chi connectivity index (χ1v) is 9.54. The van der Waals surface area contributed by atoms with Crippen molar-refractivity contribution in [2.45, 2.75) is 38.5 Å². The Hall–Kier alpha value is -1.40. The first kappa shape index (κ1) is 15.5. The van der Waals surface area contributed by atoms with Crippen LogP contribution in [0, 0.1) is 0 Å². The zero-order chi connectivity index (χ0) is 15.2. The third-order valence-electron chi connectivity index (χ3n) is 3.76. The van der Waals surface area contributed by atoms with Crippen molar-refractivity contribution in [2.24, 2.45) is 10.7 Å². The number of aromatic nitrogens is 1. The Kier molecular flexibility index (Phi) is 5.45. The minimum Gasteiger partial charge on any atom is -0.370 e. The minimum absolute atomic E-state index is 0.540. The SMILES string of the molecule is NC(=NCCc1nc2c(s1)CCCC2)NCCc1cccs1. The van der Waals surface area contributed by atoms with Gasteiger partial charge in [0.25, 0.3) is 0 Å². The van der Waals surface area contributed by atoms with Crippen molar-refractivity contribution >= 4 is 28.6 Å². The highest BCUT2D eigenvalue weighted by molar-refractivity contribution is 7.11. The second-order valence-electron chi connectivity index (χ2n) is 5.46.